The largest absolute Gasteiger partial charge is 0.477 e. The highest BCUT2D eigenvalue weighted by Crippen LogP contribution is 2.21. The van der Waals surface area contributed by atoms with Gasteiger partial charge in [-0.15, -0.1) is 0 Å². The van der Waals surface area contributed by atoms with Gasteiger partial charge in [-0.25, -0.2) is 14.8 Å². The fourth-order valence-corrected chi connectivity index (χ4v) is 2.99. The molecule has 3 heterocycles. The number of anilines is 2. The van der Waals surface area contributed by atoms with Gasteiger partial charge < -0.3 is 14.9 Å². The van der Waals surface area contributed by atoms with E-state index in [9.17, 15) is 4.79 Å². The van der Waals surface area contributed by atoms with Crippen molar-refractivity contribution >= 4 is 28.5 Å². The molecular weight excluding hydrogens is 290 g/mol. The molecule has 21 heavy (non-hydrogen) atoms. The number of carboxylic acids is 1. The maximum atomic E-state index is 11.0. The van der Waals surface area contributed by atoms with Gasteiger partial charge in [0.2, 0.25) is 5.13 Å². The van der Waals surface area contributed by atoms with Crippen LogP contribution >= 0.6 is 11.5 Å². The quantitative estimate of drug-likeness (QED) is 0.914. The fourth-order valence-electron chi connectivity index (χ4n) is 2.26. The van der Waals surface area contributed by atoms with Crippen LogP contribution in [0.3, 0.4) is 0 Å². The van der Waals surface area contributed by atoms with Crippen molar-refractivity contribution in [3.05, 3.63) is 29.7 Å². The minimum Gasteiger partial charge on any atom is -0.477 e. The average molecular weight is 305 g/mol. The standard InChI is InChI=1S/C13H15N5O2S/c1-9-14-13(21-16-9)18-7-5-17(6-8-18)11-4-2-3-10(15-11)12(19)20/h2-4H,5-8H2,1H3,(H,19,20). The summed E-state index contributed by atoms with van der Waals surface area (Å²) >= 11 is 1.41. The highest BCUT2D eigenvalue weighted by Gasteiger charge is 2.21. The van der Waals surface area contributed by atoms with Crippen molar-refractivity contribution in [2.24, 2.45) is 0 Å². The van der Waals surface area contributed by atoms with E-state index in [1.165, 1.54) is 17.6 Å². The lowest BCUT2D eigenvalue weighted by atomic mass is 10.3. The van der Waals surface area contributed by atoms with Crippen LogP contribution in [0.1, 0.15) is 16.3 Å². The van der Waals surface area contributed by atoms with E-state index in [2.05, 4.69) is 24.1 Å². The Kier molecular flexibility index (Phi) is 3.70. The van der Waals surface area contributed by atoms with Gasteiger partial charge >= 0.3 is 5.97 Å². The first-order valence-corrected chi connectivity index (χ1v) is 7.41. The second-order valence-electron chi connectivity index (χ2n) is 4.78. The predicted molar refractivity (Wildman–Crippen MR) is 80.3 cm³/mol. The van der Waals surface area contributed by atoms with Gasteiger partial charge in [0.15, 0.2) is 5.69 Å². The minimum atomic E-state index is -1.00. The lowest BCUT2D eigenvalue weighted by Gasteiger charge is -2.35. The molecule has 2 aromatic rings. The normalized spacial score (nSPS) is 15.3. The third kappa shape index (κ3) is 2.94. The summed E-state index contributed by atoms with van der Waals surface area (Å²) in [4.78, 5) is 23.8. The Bertz CT molecular complexity index is 652. The van der Waals surface area contributed by atoms with E-state index in [-0.39, 0.29) is 5.69 Å². The Balaban J connectivity index is 1.68. The molecule has 2 aromatic heterocycles. The Morgan fingerprint density at radius 3 is 2.52 bits per heavy atom. The van der Waals surface area contributed by atoms with Crippen LogP contribution in [0.2, 0.25) is 0 Å². The zero-order chi connectivity index (χ0) is 14.8. The molecule has 0 unspecified atom stereocenters. The molecular formula is C13H15N5O2S. The molecule has 1 saturated heterocycles. The molecule has 3 rings (SSSR count). The summed E-state index contributed by atoms with van der Waals surface area (Å²) in [6.45, 7) is 5.11. The Hall–Kier alpha value is -2.22. The molecule has 110 valence electrons. The average Bonchev–Trinajstić information content (AvgIpc) is 2.94. The van der Waals surface area contributed by atoms with Gasteiger partial charge in [0.1, 0.15) is 11.6 Å². The molecule has 0 radical (unpaired) electrons. The van der Waals surface area contributed by atoms with Gasteiger partial charge in [0.25, 0.3) is 0 Å². The van der Waals surface area contributed by atoms with Crippen LogP contribution in [0.4, 0.5) is 10.9 Å². The number of pyridine rings is 1. The van der Waals surface area contributed by atoms with E-state index in [1.54, 1.807) is 6.07 Å². The number of hydrogen-bond donors (Lipinski definition) is 1. The van der Waals surface area contributed by atoms with Gasteiger partial charge in [0.05, 0.1) is 0 Å². The van der Waals surface area contributed by atoms with Crippen molar-refractivity contribution in [3.63, 3.8) is 0 Å². The van der Waals surface area contributed by atoms with E-state index < -0.39 is 5.97 Å². The van der Waals surface area contributed by atoms with Crippen LogP contribution in [-0.2, 0) is 0 Å². The first-order valence-electron chi connectivity index (χ1n) is 6.64. The summed E-state index contributed by atoms with van der Waals surface area (Å²) in [7, 11) is 0. The second kappa shape index (κ2) is 5.65. The van der Waals surface area contributed by atoms with Crippen molar-refractivity contribution in [2.75, 3.05) is 36.0 Å². The highest BCUT2D eigenvalue weighted by molar-refractivity contribution is 7.09. The van der Waals surface area contributed by atoms with Gasteiger partial charge in [-0.05, 0) is 19.1 Å². The van der Waals surface area contributed by atoms with Gasteiger partial charge in [-0.3, -0.25) is 0 Å². The number of carbonyl (C=O) groups is 1. The maximum Gasteiger partial charge on any atom is 0.354 e. The monoisotopic (exact) mass is 305 g/mol. The first kappa shape index (κ1) is 13.7. The van der Waals surface area contributed by atoms with Crippen LogP contribution in [-0.4, -0.2) is 51.6 Å². The van der Waals surface area contributed by atoms with E-state index in [0.717, 1.165) is 37.1 Å². The number of aryl methyl sites for hydroxylation is 1. The molecule has 0 bridgehead atoms. The van der Waals surface area contributed by atoms with E-state index in [4.69, 9.17) is 5.11 Å². The van der Waals surface area contributed by atoms with Crippen LogP contribution in [0.25, 0.3) is 0 Å². The van der Waals surface area contributed by atoms with Gasteiger partial charge in [-0.1, -0.05) is 6.07 Å². The number of piperazine rings is 1. The maximum absolute atomic E-state index is 11.0. The molecule has 0 amide bonds. The minimum absolute atomic E-state index is 0.0784. The number of nitrogens with zero attached hydrogens (tertiary/aromatic N) is 5. The van der Waals surface area contributed by atoms with Crippen LogP contribution in [0, 0.1) is 6.92 Å². The lowest BCUT2D eigenvalue weighted by molar-refractivity contribution is 0.0690. The van der Waals surface area contributed by atoms with Crippen molar-refractivity contribution in [3.8, 4) is 0 Å². The zero-order valence-electron chi connectivity index (χ0n) is 11.6. The van der Waals surface area contributed by atoms with Crippen LogP contribution in [0.5, 0.6) is 0 Å². The van der Waals surface area contributed by atoms with Crippen molar-refractivity contribution in [1.82, 2.24) is 14.3 Å². The summed E-state index contributed by atoms with van der Waals surface area (Å²) in [5.74, 6) is 0.510. The molecule has 0 aliphatic carbocycles. The second-order valence-corrected chi connectivity index (χ2v) is 5.51. The summed E-state index contributed by atoms with van der Waals surface area (Å²) < 4.78 is 4.20. The third-order valence-electron chi connectivity index (χ3n) is 3.34. The zero-order valence-corrected chi connectivity index (χ0v) is 12.4. The number of carboxylic acid groups (broad SMARTS) is 1. The highest BCUT2D eigenvalue weighted by atomic mass is 32.1. The number of aromatic carboxylic acids is 1. The summed E-state index contributed by atoms with van der Waals surface area (Å²) in [6.07, 6.45) is 0. The fraction of sp³-hybridized carbons (Fsp3) is 0.385. The predicted octanol–water partition coefficient (Wildman–Crippen LogP) is 1.27. The van der Waals surface area contributed by atoms with Crippen molar-refractivity contribution in [1.29, 1.82) is 0 Å². The first-order chi connectivity index (χ1) is 10.1. The number of rotatable bonds is 3. The van der Waals surface area contributed by atoms with E-state index >= 15 is 0 Å². The SMILES string of the molecule is Cc1nsc(N2CCN(c3cccc(C(=O)O)n3)CC2)n1. The van der Waals surface area contributed by atoms with E-state index in [1.807, 2.05) is 13.0 Å². The summed E-state index contributed by atoms with van der Waals surface area (Å²) in [5.41, 5.74) is 0.0784. The molecule has 0 spiro atoms. The molecule has 8 heteroatoms. The molecule has 1 fully saturated rings. The Morgan fingerprint density at radius 1 is 1.19 bits per heavy atom. The lowest BCUT2D eigenvalue weighted by Crippen LogP contribution is -2.46. The van der Waals surface area contributed by atoms with Gasteiger partial charge in [0, 0.05) is 37.7 Å². The Labute approximate surface area is 126 Å². The molecule has 7 nitrogen and oxygen atoms in total. The smallest absolute Gasteiger partial charge is 0.354 e. The van der Waals surface area contributed by atoms with Gasteiger partial charge in [-0.2, -0.15) is 4.37 Å². The number of hydrogen-bond acceptors (Lipinski definition) is 7. The van der Waals surface area contributed by atoms with Crippen LogP contribution < -0.4 is 9.80 Å². The molecule has 0 atom stereocenters. The van der Waals surface area contributed by atoms with Crippen molar-refractivity contribution < 1.29 is 9.90 Å². The Morgan fingerprint density at radius 2 is 1.90 bits per heavy atom. The summed E-state index contributed by atoms with van der Waals surface area (Å²) in [5, 5.41) is 9.94. The molecule has 0 aromatic carbocycles. The third-order valence-corrected chi connectivity index (χ3v) is 4.21. The molecule has 1 N–H and O–H groups in total. The molecule has 1 aliphatic heterocycles. The van der Waals surface area contributed by atoms with Crippen molar-refractivity contribution in [2.45, 2.75) is 6.92 Å². The summed E-state index contributed by atoms with van der Waals surface area (Å²) in [6, 6.07) is 5.08. The van der Waals surface area contributed by atoms with E-state index in [0.29, 0.717) is 5.82 Å². The molecule has 1 aliphatic rings. The molecule has 0 saturated carbocycles. The topological polar surface area (TPSA) is 82.5 Å². The van der Waals surface area contributed by atoms with Crippen LogP contribution in [0.15, 0.2) is 18.2 Å². The number of aromatic nitrogens is 3.